The number of nitrogens with two attached hydrogens (primary N) is 1. The molecule has 0 amide bonds. The van der Waals surface area contributed by atoms with Gasteiger partial charge in [-0.2, -0.15) is 5.10 Å². The SMILES string of the molecule is C=Cn1nccc1C(=O)C(C)N. The molecule has 0 aliphatic carbocycles. The van der Waals surface area contributed by atoms with Gasteiger partial charge in [0.25, 0.3) is 0 Å². The second-order valence-corrected chi connectivity index (χ2v) is 2.50. The molecule has 64 valence electrons. The van der Waals surface area contributed by atoms with Gasteiger partial charge in [-0.25, -0.2) is 4.68 Å². The van der Waals surface area contributed by atoms with Crippen LogP contribution in [0.3, 0.4) is 0 Å². The van der Waals surface area contributed by atoms with Crippen LogP contribution in [-0.2, 0) is 0 Å². The third-order valence-corrected chi connectivity index (χ3v) is 1.51. The Morgan fingerprint density at radius 3 is 3.08 bits per heavy atom. The van der Waals surface area contributed by atoms with E-state index in [9.17, 15) is 4.79 Å². The van der Waals surface area contributed by atoms with Crippen LogP contribution < -0.4 is 5.73 Å². The van der Waals surface area contributed by atoms with E-state index in [1.807, 2.05) is 0 Å². The molecule has 1 unspecified atom stereocenters. The summed E-state index contributed by atoms with van der Waals surface area (Å²) in [6, 6.07) is 1.12. The number of carbonyl (C=O) groups is 1. The molecule has 0 aromatic carbocycles. The summed E-state index contributed by atoms with van der Waals surface area (Å²) < 4.78 is 1.41. The van der Waals surface area contributed by atoms with E-state index in [-0.39, 0.29) is 5.78 Å². The normalized spacial score (nSPS) is 12.5. The Bertz CT molecular complexity index is 301. The molecule has 2 N–H and O–H groups in total. The van der Waals surface area contributed by atoms with E-state index >= 15 is 0 Å². The van der Waals surface area contributed by atoms with E-state index in [4.69, 9.17) is 5.73 Å². The van der Waals surface area contributed by atoms with Crippen LogP contribution in [-0.4, -0.2) is 21.6 Å². The van der Waals surface area contributed by atoms with Crippen LogP contribution in [0, 0.1) is 0 Å². The predicted octanol–water partition coefficient (Wildman–Crippen LogP) is 0.513. The van der Waals surface area contributed by atoms with Crippen LogP contribution in [0.2, 0.25) is 0 Å². The lowest BCUT2D eigenvalue weighted by atomic mass is 10.2. The van der Waals surface area contributed by atoms with E-state index in [0.29, 0.717) is 5.69 Å². The lowest BCUT2D eigenvalue weighted by molar-refractivity contribution is 0.0961. The van der Waals surface area contributed by atoms with E-state index in [0.717, 1.165) is 0 Å². The van der Waals surface area contributed by atoms with Crippen molar-refractivity contribution in [3.8, 4) is 0 Å². The number of carbonyl (C=O) groups excluding carboxylic acids is 1. The molecule has 0 aliphatic heterocycles. The number of hydrogen-bond donors (Lipinski definition) is 1. The zero-order valence-corrected chi connectivity index (χ0v) is 6.90. The molecule has 1 aromatic heterocycles. The molecule has 0 radical (unpaired) electrons. The van der Waals surface area contributed by atoms with Gasteiger partial charge < -0.3 is 5.73 Å². The van der Waals surface area contributed by atoms with E-state index < -0.39 is 6.04 Å². The second-order valence-electron chi connectivity index (χ2n) is 2.50. The van der Waals surface area contributed by atoms with Crippen molar-refractivity contribution in [2.75, 3.05) is 0 Å². The molecule has 1 rings (SSSR count). The number of nitrogens with zero attached hydrogens (tertiary/aromatic N) is 2. The van der Waals surface area contributed by atoms with Crippen molar-refractivity contribution < 1.29 is 4.79 Å². The van der Waals surface area contributed by atoms with Crippen molar-refractivity contribution in [3.05, 3.63) is 24.5 Å². The first-order valence-electron chi connectivity index (χ1n) is 3.62. The highest BCUT2D eigenvalue weighted by atomic mass is 16.1. The molecular formula is C8H11N3O. The number of hydrogen-bond acceptors (Lipinski definition) is 3. The quantitative estimate of drug-likeness (QED) is 0.664. The van der Waals surface area contributed by atoms with Gasteiger partial charge in [-0.15, -0.1) is 0 Å². The van der Waals surface area contributed by atoms with E-state index in [1.165, 1.54) is 17.1 Å². The largest absolute Gasteiger partial charge is 0.321 e. The summed E-state index contributed by atoms with van der Waals surface area (Å²) >= 11 is 0. The van der Waals surface area contributed by atoms with Crippen LogP contribution in [0.25, 0.3) is 6.20 Å². The molecular weight excluding hydrogens is 154 g/mol. The molecule has 4 nitrogen and oxygen atoms in total. The van der Waals surface area contributed by atoms with Crippen LogP contribution in [0.15, 0.2) is 18.8 Å². The summed E-state index contributed by atoms with van der Waals surface area (Å²) in [7, 11) is 0. The summed E-state index contributed by atoms with van der Waals surface area (Å²) in [6.07, 6.45) is 3.01. The smallest absolute Gasteiger partial charge is 0.197 e. The van der Waals surface area contributed by atoms with E-state index in [1.54, 1.807) is 13.0 Å². The van der Waals surface area contributed by atoms with Crippen LogP contribution in [0.4, 0.5) is 0 Å². The zero-order chi connectivity index (χ0) is 9.14. The van der Waals surface area contributed by atoms with Crippen molar-refractivity contribution in [2.45, 2.75) is 13.0 Å². The third-order valence-electron chi connectivity index (χ3n) is 1.51. The van der Waals surface area contributed by atoms with Crippen molar-refractivity contribution in [3.63, 3.8) is 0 Å². The number of ketones is 1. The number of rotatable bonds is 3. The molecule has 0 saturated heterocycles. The zero-order valence-electron chi connectivity index (χ0n) is 6.90. The summed E-state index contributed by atoms with van der Waals surface area (Å²) in [5.74, 6) is -0.132. The second kappa shape index (κ2) is 3.32. The van der Waals surface area contributed by atoms with Crippen molar-refractivity contribution in [2.24, 2.45) is 5.73 Å². The maximum absolute atomic E-state index is 11.4. The Labute approximate surface area is 70.7 Å². The summed E-state index contributed by atoms with van der Waals surface area (Å²) in [5.41, 5.74) is 5.90. The summed E-state index contributed by atoms with van der Waals surface area (Å²) in [5, 5.41) is 3.86. The minimum atomic E-state index is -0.500. The highest BCUT2D eigenvalue weighted by molar-refractivity contribution is 5.98. The molecule has 0 saturated carbocycles. The molecule has 0 bridgehead atoms. The lowest BCUT2D eigenvalue weighted by Gasteiger charge is -2.03. The minimum absolute atomic E-state index is 0.132. The van der Waals surface area contributed by atoms with Gasteiger partial charge in [-0.1, -0.05) is 6.58 Å². The van der Waals surface area contributed by atoms with Gasteiger partial charge in [-0.3, -0.25) is 4.79 Å². The van der Waals surface area contributed by atoms with Crippen LogP contribution in [0.1, 0.15) is 17.4 Å². The Balaban J connectivity index is 3.01. The van der Waals surface area contributed by atoms with Crippen molar-refractivity contribution >= 4 is 12.0 Å². The number of Topliss-reactive ketones (excluding diaryl/α,β-unsaturated/α-hetero) is 1. The van der Waals surface area contributed by atoms with Gasteiger partial charge in [0, 0.05) is 6.20 Å². The molecule has 0 spiro atoms. The molecule has 12 heavy (non-hydrogen) atoms. The van der Waals surface area contributed by atoms with Gasteiger partial charge in [0.1, 0.15) is 5.69 Å². The van der Waals surface area contributed by atoms with Gasteiger partial charge in [-0.05, 0) is 13.0 Å². The fraction of sp³-hybridized carbons (Fsp3) is 0.250. The Hall–Kier alpha value is -1.42. The monoisotopic (exact) mass is 165 g/mol. The van der Waals surface area contributed by atoms with Gasteiger partial charge in [0.2, 0.25) is 0 Å². The fourth-order valence-electron chi connectivity index (χ4n) is 0.888. The van der Waals surface area contributed by atoms with Gasteiger partial charge in [0.05, 0.1) is 12.2 Å². The maximum Gasteiger partial charge on any atom is 0.197 e. The fourth-order valence-corrected chi connectivity index (χ4v) is 0.888. The Morgan fingerprint density at radius 1 is 1.92 bits per heavy atom. The first-order valence-corrected chi connectivity index (χ1v) is 3.62. The van der Waals surface area contributed by atoms with Gasteiger partial charge in [0.15, 0.2) is 5.78 Å². The molecule has 1 atom stereocenters. The molecule has 0 fully saturated rings. The standard InChI is InChI=1S/C8H11N3O/c1-3-11-7(4-5-10-11)8(12)6(2)9/h3-6H,1,9H2,2H3. The van der Waals surface area contributed by atoms with Crippen LogP contribution >= 0.6 is 0 Å². The van der Waals surface area contributed by atoms with Crippen molar-refractivity contribution in [1.82, 2.24) is 9.78 Å². The minimum Gasteiger partial charge on any atom is -0.321 e. The first-order chi connectivity index (χ1) is 5.66. The molecule has 1 heterocycles. The number of aromatic nitrogens is 2. The topological polar surface area (TPSA) is 60.9 Å². The maximum atomic E-state index is 11.4. The van der Waals surface area contributed by atoms with Crippen molar-refractivity contribution in [1.29, 1.82) is 0 Å². The predicted molar refractivity (Wildman–Crippen MR) is 46.6 cm³/mol. The summed E-state index contributed by atoms with van der Waals surface area (Å²) in [6.45, 7) is 5.15. The highest BCUT2D eigenvalue weighted by Gasteiger charge is 2.14. The first kappa shape index (κ1) is 8.67. The Morgan fingerprint density at radius 2 is 2.58 bits per heavy atom. The molecule has 4 heteroatoms. The average molecular weight is 165 g/mol. The lowest BCUT2D eigenvalue weighted by Crippen LogP contribution is -2.28. The average Bonchev–Trinajstić information content (AvgIpc) is 2.49. The molecule has 1 aromatic rings. The summed E-state index contributed by atoms with van der Waals surface area (Å²) in [4.78, 5) is 11.4. The van der Waals surface area contributed by atoms with Gasteiger partial charge >= 0.3 is 0 Å². The molecule has 0 aliphatic rings. The van der Waals surface area contributed by atoms with E-state index in [2.05, 4.69) is 11.7 Å². The highest BCUT2D eigenvalue weighted by Crippen LogP contribution is 2.02. The van der Waals surface area contributed by atoms with Crippen LogP contribution in [0.5, 0.6) is 0 Å². The third kappa shape index (κ3) is 1.43. The Kier molecular flexibility index (Phi) is 2.40.